The fraction of sp³-hybridized carbons (Fsp3) is 0.723. The van der Waals surface area contributed by atoms with Crippen molar-refractivity contribution in [2.75, 3.05) is 0 Å². The van der Waals surface area contributed by atoms with Gasteiger partial charge in [-0.2, -0.15) is 0 Å². The van der Waals surface area contributed by atoms with Crippen molar-refractivity contribution in [1.82, 2.24) is 0 Å². The minimum Gasteiger partial charge on any atom is -0.459 e. The fourth-order valence-corrected chi connectivity index (χ4v) is 11.7. The zero-order valence-corrected chi connectivity index (χ0v) is 33.6. The van der Waals surface area contributed by atoms with Gasteiger partial charge in [-0.25, -0.2) is 4.79 Å². The summed E-state index contributed by atoms with van der Waals surface area (Å²) in [7, 11) is 0. The summed E-state index contributed by atoms with van der Waals surface area (Å²) in [4.78, 5) is 13.0. The maximum absolute atomic E-state index is 13.0. The van der Waals surface area contributed by atoms with Gasteiger partial charge in [-0.05, 0) is 161 Å². The van der Waals surface area contributed by atoms with Crippen LogP contribution in [-0.4, -0.2) is 23.3 Å². The molecule has 0 aromatic heterocycles. The Morgan fingerprint density at radius 3 is 2.44 bits per heavy atom. The van der Waals surface area contributed by atoms with Crippen LogP contribution in [0.4, 0.5) is 0 Å². The maximum atomic E-state index is 13.0. The van der Waals surface area contributed by atoms with Crippen LogP contribution in [0.3, 0.4) is 0 Å². The maximum Gasteiger partial charge on any atom is 0.331 e. The lowest BCUT2D eigenvalue weighted by molar-refractivity contribution is -0.145. The highest BCUT2D eigenvalue weighted by atomic mass is 16.5. The Kier molecular flexibility index (Phi) is 12.4. The predicted octanol–water partition coefficient (Wildman–Crippen LogP) is 12.4. The predicted molar refractivity (Wildman–Crippen MR) is 210 cm³/mol. The van der Waals surface area contributed by atoms with E-state index >= 15 is 0 Å². The molecule has 9 atom stereocenters. The van der Waals surface area contributed by atoms with E-state index < -0.39 is 0 Å². The van der Waals surface area contributed by atoms with Crippen molar-refractivity contribution < 1.29 is 14.6 Å². The molecule has 1 N–H and O–H groups in total. The average Bonchev–Trinajstić information content (AvgIpc) is 3.40. The van der Waals surface area contributed by atoms with Crippen molar-refractivity contribution in [3.63, 3.8) is 0 Å². The molecule has 0 radical (unpaired) electrons. The Bertz CT molecular complexity index is 1420. The van der Waals surface area contributed by atoms with Gasteiger partial charge in [0.25, 0.3) is 0 Å². The molecule has 0 amide bonds. The highest BCUT2D eigenvalue weighted by Gasteiger charge is 2.59. The highest BCUT2D eigenvalue weighted by Crippen LogP contribution is 2.67. The SMILES string of the molecule is CC(C=CC1=C(C)CCCC1(C)C)=CC=CC(C)=CC(=O)OC1CC[C@@]2(C)C(=CC[C@@H]3[C@H]2CC[C@]2(C)[C@@H]([C@H](C)[C@H](O)CCC(C)C)CC[C@@H]32)C1. The molecule has 1 unspecified atom stereocenters. The van der Waals surface area contributed by atoms with E-state index in [0.29, 0.717) is 23.2 Å². The first kappa shape index (κ1) is 39.1. The minimum absolute atomic E-state index is 0.0293. The first-order valence-electron chi connectivity index (χ1n) is 20.5. The van der Waals surface area contributed by atoms with Crippen molar-refractivity contribution >= 4 is 5.97 Å². The van der Waals surface area contributed by atoms with Crippen LogP contribution >= 0.6 is 0 Å². The van der Waals surface area contributed by atoms with E-state index in [4.69, 9.17) is 4.74 Å². The van der Waals surface area contributed by atoms with E-state index in [9.17, 15) is 9.90 Å². The summed E-state index contributed by atoms with van der Waals surface area (Å²) in [5.74, 6) is 3.69. The van der Waals surface area contributed by atoms with Gasteiger partial charge in [0.1, 0.15) is 6.10 Å². The fourth-order valence-electron chi connectivity index (χ4n) is 11.7. The second kappa shape index (κ2) is 15.9. The first-order chi connectivity index (χ1) is 23.5. The van der Waals surface area contributed by atoms with E-state index in [1.165, 1.54) is 68.1 Å². The molecule has 3 saturated carbocycles. The van der Waals surface area contributed by atoms with Crippen molar-refractivity contribution in [2.24, 2.45) is 51.8 Å². The van der Waals surface area contributed by atoms with Gasteiger partial charge in [0.15, 0.2) is 0 Å². The van der Waals surface area contributed by atoms with Gasteiger partial charge in [0.2, 0.25) is 0 Å². The molecular weight excluding hydrogens is 613 g/mol. The molecule has 0 spiro atoms. The Morgan fingerprint density at radius 2 is 1.72 bits per heavy atom. The van der Waals surface area contributed by atoms with Crippen molar-refractivity contribution in [1.29, 1.82) is 0 Å². The molecule has 50 heavy (non-hydrogen) atoms. The largest absolute Gasteiger partial charge is 0.459 e. The minimum atomic E-state index is -0.215. The number of carbonyl (C=O) groups is 1. The number of aliphatic hydroxyl groups is 1. The first-order valence-corrected chi connectivity index (χ1v) is 20.5. The van der Waals surface area contributed by atoms with E-state index in [2.05, 4.69) is 86.6 Å². The van der Waals surface area contributed by atoms with Gasteiger partial charge >= 0.3 is 5.97 Å². The third kappa shape index (κ3) is 8.40. The van der Waals surface area contributed by atoms with Gasteiger partial charge in [-0.3, -0.25) is 0 Å². The summed E-state index contributed by atoms with van der Waals surface area (Å²) in [5, 5.41) is 11.2. The van der Waals surface area contributed by atoms with Gasteiger partial charge in [0.05, 0.1) is 6.10 Å². The van der Waals surface area contributed by atoms with Crippen LogP contribution in [0.1, 0.15) is 153 Å². The monoisotopic (exact) mass is 685 g/mol. The lowest BCUT2D eigenvalue weighted by Gasteiger charge is -2.58. The molecule has 0 saturated heterocycles. The number of rotatable bonds is 11. The topological polar surface area (TPSA) is 46.5 Å². The summed E-state index contributed by atoms with van der Waals surface area (Å²) in [5.41, 5.74) is 7.48. The molecule has 5 rings (SSSR count). The number of esters is 1. The Balaban J connectivity index is 1.15. The van der Waals surface area contributed by atoms with Crippen LogP contribution < -0.4 is 0 Å². The van der Waals surface area contributed by atoms with Crippen LogP contribution in [0.25, 0.3) is 0 Å². The summed E-state index contributed by atoms with van der Waals surface area (Å²) in [6, 6.07) is 0. The van der Waals surface area contributed by atoms with E-state index in [1.807, 2.05) is 19.1 Å². The Labute approximate surface area is 306 Å². The second-order valence-corrected chi connectivity index (χ2v) is 19.1. The molecule has 0 bridgehead atoms. The summed E-state index contributed by atoms with van der Waals surface area (Å²) < 4.78 is 6.09. The van der Waals surface area contributed by atoms with Gasteiger partial charge in [-0.1, -0.05) is 102 Å². The molecule has 5 aliphatic carbocycles. The quantitative estimate of drug-likeness (QED) is 0.102. The van der Waals surface area contributed by atoms with E-state index in [1.54, 1.807) is 11.6 Å². The molecule has 0 heterocycles. The molecule has 3 fully saturated rings. The summed E-state index contributed by atoms with van der Waals surface area (Å²) in [6.07, 6.45) is 29.9. The van der Waals surface area contributed by atoms with Crippen LogP contribution in [-0.2, 0) is 9.53 Å². The summed E-state index contributed by atoms with van der Waals surface area (Å²) in [6.45, 7) is 23.1. The average molecular weight is 685 g/mol. The zero-order valence-electron chi connectivity index (χ0n) is 33.6. The number of allylic oxidation sites excluding steroid dienone is 10. The van der Waals surface area contributed by atoms with Crippen molar-refractivity contribution in [3.05, 3.63) is 70.4 Å². The van der Waals surface area contributed by atoms with Gasteiger partial charge in [0, 0.05) is 12.5 Å². The lowest BCUT2D eigenvalue weighted by atomic mass is 9.47. The van der Waals surface area contributed by atoms with Crippen molar-refractivity contribution in [3.8, 4) is 0 Å². The summed E-state index contributed by atoms with van der Waals surface area (Å²) >= 11 is 0. The number of fused-ring (bicyclic) bond motifs is 5. The van der Waals surface area contributed by atoms with Crippen LogP contribution in [0, 0.1) is 51.8 Å². The second-order valence-electron chi connectivity index (χ2n) is 19.1. The Hall–Kier alpha value is -2.13. The highest BCUT2D eigenvalue weighted by molar-refractivity contribution is 5.83. The number of hydrogen-bond donors (Lipinski definition) is 1. The van der Waals surface area contributed by atoms with Crippen LogP contribution in [0.15, 0.2) is 70.4 Å². The number of carbonyl (C=O) groups excluding carboxylic acids is 1. The third-order valence-electron chi connectivity index (χ3n) is 14.8. The van der Waals surface area contributed by atoms with Crippen molar-refractivity contribution in [2.45, 2.75) is 165 Å². The molecule has 3 nitrogen and oxygen atoms in total. The molecule has 0 aromatic carbocycles. The lowest BCUT2D eigenvalue weighted by Crippen LogP contribution is -2.51. The van der Waals surface area contributed by atoms with Crippen LogP contribution in [0.2, 0.25) is 0 Å². The molecular formula is C47H72O3. The molecule has 278 valence electrons. The molecule has 0 aliphatic heterocycles. The third-order valence-corrected chi connectivity index (χ3v) is 14.8. The number of aliphatic hydroxyl groups excluding tert-OH is 1. The van der Waals surface area contributed by atoms with E-state index in [-0.39, 0.29) is 29.0 Å². The zero-order chi connectivity index (χ0) is 36.4. The molecule has 3 heteroatoms. The van der Waals surface area contributed by atoms with Gasteiger partial charge < -0.3 is 9.84 Å². The number of ether oxygens (including phenoxy) is 1. The standard InChI is InChI=1S/C47H72O3/c1-31(2)16-23-43(48)35(6)40-21-22-41-38-19-18-36-30-37(24-27-46(36,9)42(38)25-28-47(40,41)10)50-44(49)29-33(4)14-11-13-32(3)17-20-39-34(5)15-12-26-45(39,7)8/h11,13-14,17-18,20,29,31,35,37-38,40-43,48H,12,15-16,19,21-28,30H2,1-10H3/t35-,37?,38-,40+,41-,42+,43+,46-,47+/m0/s1. The van der Waals surface area contributed by atoms with E-state index in [0.717, 1.165) is 55.4 Å². The normalized spacial score (nSPS) is 35.9. The van der Waals surface area contributed by atoms with Crippen LogP contribution in [0.5, 0.6) is 0 Å². The number of hydrogen-bond acceptors (Lipinski definition) is 3. The smallest absolute Gasteiger partial charge is 0.331 e. The Morgan fingerprint density at radius 1 is 0.960 bits per heavy atom. The molecule has 5 aliphatic rings. The molecule has 0 aromatic rings. The van der Waals surface area contributed by atoms with Gasteiger partial charge in [-0.15, -0.1) is 0 Å².